The summed E-state index contributed by atoms with van der Waals surface area (Å²) >= 11 is 3.56. The molecule has 1 fully saturated rings. The van der Waals surface area contributed by atoms with E-state index in [-0.39, 0.29) is 5.60 Å². The molecule has 1 atom stereocenters. The molecule has 1 N–H and O–H groups in total. The third kappa shape index (κ3) is 3.54. The van der Waals surface area contributed by atoms with Crippen molar-refractivity contribution < 1.29 is 4.74 Å². The van der Waals surface area contributed by atoms with Gasteiger partial charge in [0.05, 0.1) is 5.60 Å². The largest absolute Gasteiger partial charge is 0.374 e. The molecule has 2 nitrogen and oxygen atoms in total. The molecular formula is C14H20BrNO. The maximum atomic E-state index is 5.75. The zero-order valence-corrected chi connectivity index (χ0v) is 12.1. The number of benzene rings is 1. The Morgan fingerprint density at radius 1 is 1.47 bits per heavy atom. The first-order chi connectivity index (χ1) is 8.09. The van der Waals surface area contributed by atoms with Gasteiger partial charge >= 0.3 is 0 Å². The number of nitrogens with one attached hydrogen (secondary N) is 1. The summed E-state index contributed by atoms with van der Waals surface area (Å²) < 4.78 is 6.93. The summed E-state index contributed by atoms with van der Waals surface area (Å²) in [5, 5.41) is 3.48. The van der Waals surface area contributed by atoms with Crippen molar-refractivity contribution in [3.63, 3.8) is 0 Å². The van der Waals surface area contributed by atoms with Crippen LogP contribution in [-0.2, 0) is 11.3 Å². The highest BCUT2D eigenvalue weighted by Crippen LogP contribution is 2.24. The molecule has 1 aliphatic rings. The lowest BCUT2D eigenvalue weighted by molar-refractivity contribution is 0.0207. The van der Waals surface area contributed by atoms with E-state index in [0.29, 0.717) is 0 Å². The van der Waals surface area contributed by atoms with Crippen molar-refractivity contribution in [1.82, 2.24) is 5.32 Å². The fourth-order valence-corrected chi connectivity index (χ4v) is 2.62. The zero-order valence-electron chi connectivity index (χ0n) is 10.6. The first-order valence-electron chi connectivity index (χ1n) is 6.19. The summed E-state index contributed by atoms with van der Waals surface area (Å²) in [6.07, 6.45) is 2.35. The monoisotopic (exact) mass is 297 g/mol. The van der Waals surface area contributed by atoms with Crippen LogP contribution in [0.5, 0.6) is 0 Å². The van der Waals surface area contributed by atoms with Gasteiger partial charge in [0.1, 0.15) is 0 Å². The summed E-state index contributed by atoms with van der Waals surface area (Å²) in [5.74, 6) is 0. The maximum absolute atomic E-state index is 5.75. The predicted molar refractivity (Wildman–Crippen MR) is 74.2 cm³/mol. The molecule has 94 valence electrons. The minimum absolute atomic E-state index is 0.0436. The second-order valence-corrected chi connectivity index (χ2v) is 5.94. The van der Waals surface area contributed by atoms with Crippen LogP contribution in [0, 0.1) is 6.92 Å². The summed E-state index contributed by atoms with van der Waals surface area (Å²) in [4.78, 5) is 0. The van der Waals surface area contributed by atoms with Crippen LogP contribution >= 0.6 is 15.9 Å². The lowest BCUT2D eigenvalue weighted by Crippen LogP contribution is -2.36. The molecule has 1 aliphatic heterocycles. The standard InChI is InChI=1S/C14H20BrNO/c1-11-4-5-12(8-13(11)15)9-16-10-14(2)6-3-7-17-14/h4-5,8,16H,3,6-7,9-10H2,1-2H3. The summed E-state index contributed by atoms with van der Waals surface area (Å²) in [5.41, 5.74) is 2.63. The average Bonchev–Trinajstić information content (AvgIpc) is 2.71. The van der Waals surface area contributed by atoms with Crippen LogP contribution < -0.4 is 5.32 Å². The molecule has 1 aromatic carbocycles. The maximum Gasteiger partial charge on any atom is 0.0779 e. The summed E-state index contributed by atoms with van der Waals surface area (Å²) in [7, 11) is 0. The van der Waals surface area contributed by atoms with Crippen molar-refractivity contribution in [3.8, 4) is 0 Å². The molecule has 1 heterocycles. The first kappa shape index (κ1) is 13.1. The lowest BCUT2D eigenvalue weighted by Gasteiger charge is -2.23. The van der Waals surface area contributed by atoms with E-state index in [4.69, 9.17) is 4.74 Å². The van der Waals surface area contributed by atoms with Crippen LogP contribution in [0.2, 0.25) is 0 Å². The van der Waals surface area contributed by atoms with Gasteiger partial charge in [0.2, 0.25) is 0 Å². The number of ether oxygens (including phenoxy) is 1. The third-order valence-electron chi connectivity index (χ3n) is 3.36. The Morgan fingerprint density at radius 2 is 2.29 bits per heavy atom. The van der Waals surface area contributed by atoms with Crippen molar-refractivity contribution in [2.24, 2.45) is 0 Å². The first-order valence-corrected chi connectivity index (χ1v) is 6.98. The Labute approximate surface area is 112 Å². The molecule has 1 aromatic rings. The van der Waals surface area contributed by atoms with E-state index in [9.17, 15) is 0 Å². The molecule has 0 saturated carbocycles. The van der Waals surface area contributed by atoms with Gasteiger partial charge in [-0.1, -0.05) is 28.1 Å². The summed E-state index contributed by atoms with van der Waals surface area (Å²) in [6, 6.07) is 6.50. The molecule has 0 amide bonds. The molecule has 1 saturated heterocycles. The second kappa shape index (κ2) is 5.51. The Hall–Kier alpha value is -0.380. The Morgan fingerprint density at radius 3 is 2.94 bits per heavy atom. The van der Waals surface area contributed by atoms with E-state index < -0.39 is 0 Å². The van der Waals surface area contributed by atoms with Crippen molar-refractivity contribution in [3.05, 3.63) is 33.8 Å². The van der Waals surface area contributed by atoms with E-state index in [0.717, 1.165) is 26.1 Å². The minimum atomic E-state index is 0.0436. The van der Waals surface area contributed by atoms with Gasteiger partial charge < -0.3 is 10.1 Å². The van der Waals surface area contributed by atoms with Crippen LogP contribution in [0.3, 0.4) is 0 Å². The number of rotatable bonds is 4. The highest BCUT2D eigenvalue weighted by atomic mass is 79.9. The quantitative estimate of drug-likeness (QED) is 0.919. The molecule has 0 bridgehead atoms. The highest BCUT2D eigenvalue weighted by Gasteiger charge is 2.28. The second-order valence-electron chi connectivity index (χ2n) is 5.09. The molecule has 0 aliphatic carbocycles. The topological polar surface area (TPSA) is 21.3 Å². The van der Waals surface area contributed by atoms with Crippen molar-refractivity contribution in [2.45, 2.75) is 38.8 Å². The van der Waals surface area contributed by atoms with Gasteiger partial charge in [-0.2, -0.15) is 0 Å². The van der Waals surface area contributed by atoms with Gasteiger partial charge in [0, 0.05) is 24.2 Å². The Kier molecular flexibility index (Phi) is 4.23. The molecule has 1 unspecified atom stereocenters. The molecule has 0 aromatic heterocycles. The smallest absolute Gasteiger partial charge is 0.0779 e. The molecule has 0 spiro atoms. The van der Waals surface area contributed by atoms with Gasteiger partial charge in [0.25, 0.3) is 0 Å². The zero-order chi connectivity index (χ0) is 12.3. The van der Waals surface area contributed by atoms with Gasteiger partial charge in [-0.15, -0.1) is 0 Å². The van der Waals surface area contributed by atoms with Crippen LogP contribution in [0.4, 0.5) is 0 Å². The van der Waals surface area contributed by atoms with E-state index in [1.807, 2.05) is 0 Å². The molecule has 17 heavy (non-hydrogen) atoms. The molecule has 3 heteroatoms. The van der Waals surface area contributed by atoms with Gasteiger partial charge in [0.15, 0.2) is 0 Å². The van der Waals surface area contributed by atoms with E-state index in [1.54, 1.807) is 0 Å². The molecular weight excluding hydrogens is 278 g/mol. The lowest BCUT2D eigenvalue weighted by atomic mass is 10.0. The Balaban J connectivity index is 1.83. The SMILES string of the molecule is Cc1ccc(CNCC2(C)CCCO2)cc1Br. The Bertz CT molecular complexity index is 386. The van der Waals surface area contributed by atoms with Crippen LogP contribution in [0.1, 0.15) is 30.9 Å². The number of aryl methyl sites for hydroxylation is 1. The number of hydrogen-bond acceptors (Lipinski definition) is 2. The van der Waals surface area contributed by atoms with Gasteiger partial charge in [-0.3, -0.25) is 0 Å². The van der Waals surface area contributed by atoms with Crippen LogP contribution in [0.25, 0.3) is 0 Å². The predicted octanol–water partition coefficient (Wildman–Crippen LogP) is 3.42. The van der Waals surface area contributed by atoms with Crippen LogP contribution in [0.15, 0.2) is 22.7 Å². The van der Waals surface area contributed by atoms with E-state index in [1.165, 1.54) is 22.0 Å². The van der Waals surface area contributed by atoms with E-state index >= 15 is 0 Å². The fourth-order valence-electron chi connectivity index (χ4n) is 2.19. The highest BCUT2D eigenvalue weighted by molar-refractivity contribution is 9.10. The fraction of sp³-hybridized carbons (Fsp3) is 0.571. The van der Waals surface area contributed by atoms with E-state index in [2.05, 4.69) is 53.3 Å². The molecule has 0 radical (unpaired) electrons. The van der Waals surface area contributed by atoms with Gasteiger partial charge in [-0.25, -0.2) is 0 Å². The average molecular weight is 298 g/mol. The summed E-state index contributed by atoms with van der Waals surface area (Å²) in [6.45, 7) is 7.04. The van der Waals surface area contributed by atoms with Crippen molar-refractivity contribution in [2.75, 3.05) is 13.2 Å². The van der Waals surface area contributed by atoms with Crippen molar-refractivity contribution in [1.29, 1.82) is 0 Å². The number of halogens is 1. The molecule has 2 rings (SSSR count). The minimum Gasteiger partial charge on any atom is -0.374 e. The normalized spacial score (nSPS) is 24.2. The van der Waals surface area contributed by atoms with Crippen LogP contribution in [-0.4, -0.2) is 18.8 Å². The van der Waals surface area contributed by atoms with Crippen molar-refractivity contribution >= 4 is 15.9 Å². The number of hydrogen-bond donors (Lipinski definition) is 1. The van der Waals surface area contributed by atoms with Gasteiger partial charge in [-0.05, 0) is 43.9 Å². The third-order valence-corrected chi connectivity index (χ3v) is 4.22.